The molecule has 0 N–H and O–H groups in total. The fourth-order valence-corrected chi connectivity index (χ4v) is 4.56. The highest BCUT2D eigenvalue weighted by molar-refractivity contribution is 7.99. The van der Waals surface area contributed by atoms with Crippen molar-refractivity contribution in [2.45, 2.75) is 25.0 Å². The van der Waals surface area contributed by atoms with Gasteiger partial charge in [0.05, 0.1) is 23.3 Å². The van der Waals surface area contributed by atoms with Crippen molar-refractivity contribution in [3.8, 4) is 17.1 Å². The zero-order valence-corrected chi connectivity index (χ0v) is 20.2. The predicted octanol–water partition coefficient (Wildman–Crippen LogP) is 5.39. The van der Waals surface area contributed by atoms with Crippen LogP contribution in [0.1, 0.15) is 21.5 Å². The molecule has 0 saturated carbocycles. The number of aromatic nitrogens is 3. The molecule has 178 valence electrons. The van der Waals surface area contributed by atoms with Crippen molar-refractivity contribution in [2.24, 2.45) is 0 Å². The Labute approximate surface area is 207 Å². The Morgan fingerprint density at radius 2 is 1.80 bits per heavy atom. The molecule has 0 unspecified atom stereocenters. The van der Waals surface area contributed by atoms with Gasteiger partial charge in [-0.3, -0.25) is 14.9 Å². The molecule has 4 rings (SSSR count). The quantitative estimate of drug-likeness (QED) is 0.128. The first-order valence-corrected chi connectivity index (χ1v) is 12.0. The van der Waals surface area contributed by atoms with Crippen molar-refractivity contribution in [2.75, 3.05) is 12.9 Å². The molecule has 9 heteroatoms. The zero-order valence-electron chi connectivity index (χ0n) is 19.4. The summed E-state index contributed by atoms with van der Waals surface area (Å²) in [6, 6.07) is 22.2. The second-order valence-corrected chi connectivity index (χ2v) is 8.81. The van der Waals surface area contributed by atoms with Crippen LogP contribution in [0.3, 0.4) is 0 Å². The summed E-state index contributed by atoms with van der Waals surface area (Å²) in [5.74, 6) is 1.20. The molecular weight excluding hydrogens is 464 g/mol. The third-order valence-electron chi connectivity index (χ3n) is 5.59. The first kappa shape index (κ1) is 24.2. The molecule has 1 heterocycles. The molecule has 0 amide bonds. The second kappa shape index (κ2) is 11.0. The number of methoxy groups -OCH3 is 1. The Balaban J connectivity index is 1.60. The van der Waals surface area contributed by atoms with Crippen molar-refractivity contribution in [3.05, 3.63) is 99.6 Å². The van der Waals surface area contributed by atoms with E-state index in [1.165, 1.54) is 23.4 Å². The number of benzene rings is 3. The lowest BCUT2D eigenvalue weighted by Gasteiger charge is -2.12. The van der Waals surface area contributed by atoms with Crippen molar-refractivity contribution < 1.29 is 14.5 Å². The van der Waals surface area contributed by atoms with E-state index in [9.17, 15) is 14.9 Å². The van der Waals surface area contributed by atoms with Crippen molar-refractivity contribution in [3.63, 3.8) is 0 Å². The molecule has 3 aromatic carbocycles. The average Bonchev–Trinajstić information content (AvgIpc) is 3.29. The van der Waals surface area contributed by atoms with E-state index in [0.717, 1.165) is 12.0 Å². The highest BCUT2D eigenvalue weighted by atomic mass is 32.2. The average molecular weight is 489 g/mol. The minimum Gasteiger partial charge on any atom is -0.496 e. The number of hydrogen-bond donors (Lipinski definition) is 0. The topological polar surface area (TPSA) is 100 Å². The van der Waals surface area contributed by atoms with E-state index in [2.05, 4.69) is 22.3 Å². The number of nitro groups is 1. The van der Waals surface area contributed by atoms with Gasteiger partial charge in [-0.15, -0.1) is 10.2 Å². The van der Waals surface area contributed by atoms with Gasteiger partial charge in [-0.2, -0.15) is 0 Å². The summed E-state index contributed by atoms with van der Waals surface area (Å²) in [5, 5.41) is 20.6. The summed E-state index contributed by atoms with van der Waals surface area (Å²) >= 11 is 1.26. The van der Waals surface area contributed by atoms with E-state index in [1.807, 2.05) is 47.0 Å². The number of aryl methyl sites for hydroxylation is 2. The Hall–Kier alpha value is -3.98. The standard InChI is InChI=1S/C26H24N4O4S/c1-18-12-13-20(16-22(18)30(32)33)23(31)17-35-26-28-27-25(21-10-6-7-11-24(21)34-2)29(26)15-14-19-8-4-3-5-9-19/h3-13,16H,14-15,17H2,1-2H3. The van der Waals surface area contributed by atoms with Crippen molar-refractivity contribution >= 4 is 23.2 Å². The highest BCUT2D eigenvalue weighted by Crippen LogP contribution is 2.31. The molecule has 0 saturated heterocycles. The first-order valence-electron chi connectivity index (χ1n) is 11.0. The molecule has 35 heavy (non-hydrogen) atoms. The minimum atomic E-state index is -0.473. The molecule has 4 aromatic rings. The summed E-state index contributed by atoms with van der Waals surface area (Å²) in [6.07, 6.45) is 0.757. The number of ketones is 1. The van der Waals surface area contributed by atoms with Gasteiger partial charge in [0.15, 0.2) is 16.8 Å². The summed E-state index contributed by atoms with van der Waals surface area (Å²) in [5.41, 5.74) is 2.73. The SMILES string of the molecule is COc1ccccc1-c1nnc(SCC(=O)c2ccc(C)c([N+](=O)[O-])c2)n1CCc1ccccc1. The molecule has 0 spiro atoms. The number of rotatable bonds is 10. The van der Waals surface area contributed by atoms with Crippen LogP contribution in [0, 0.1) is 17.0 Å². The molecule has 0 aliphatic carbocycles. The lowest BCUT2D eigenvalue weighted by Crippen LogP contribution is -2.08. The molecular formula is C26H24N4O4S. The van der Waals surface area contributed by atoms with Gasteiger partial charge in [-0.05, 0) is 31.0 Å². The van der Waals surface area contributed by atoms with Crippen LogP contribution in [0.4, 0.5) is 5.69 Å². The van der Waals surface area contributed by atoms with E-state index < -0.39 is 4.92 Å². The Bertz CT molecular complexity index is 1350. The number of hydrogen-bond acceptors (Lipinski definition) is 7. The van der Waals surface area contributed by atoms with E-state index in [0.29, 0.717) is 34.4 Å². The van der Waals surface area contributed by atoms with Crippen LogP contribution in [0.2, 0.25) is 0 Å². The number of nitro benzene ring substituents is 1. The van der Waals surface area contributed by atoms with Gasteiger partial charge in [-0.25, -0.2) is 0 Å². The molecule has 0 aliphatic heterocycles. The van der Waals surface area contributed by atoms with Gasteiger partial charge in [0.25, 0.3) is 5.69 Å². The lowest BCUT2D eigenvalue weighted by molar-refractivity contribution is -0.385. The van der Waals surface area contributed by atoms with Crippen LogP contribution < -0.4 is 4.74 Å². The number of ether oxygens (including phenoxy) is 1. The maximum absolute atomic E-state index is 12.9. The molecule has 0 bridgehead atoms. The molecule has 0 radical (unpaired) electrons. The third kappa shape index (κ3) is 5.58. The van der Waals surface area contributed by atoms with Crippen LogP contribution in [-0.2, 0) is 13.0 Å². The number of thioether (sulfide) groups is 1. The largest absolute Gasteiger partial charge is 0.496 e. The molecule has 1 aromatic heterocycles. The molecule has 0 aliphatic rings. The van der Waals surface area contributed by atoms with Crippen molar-refractivity contribution in [1.29, 1.82) is 0 Å². The fourth-order valence-electron chi connectivity index (χ4n) is 3.70. The highest BCUT2D eigenvalue weighted by Gasteiger charge is 2.20. The number of carbonyl (C=O) groups is 1. The summed E-state index contributed by atoms with van der Waals surface area (Å²) in [6.45, 7) is 2.26. The monoisotopic (exact) mass is 488 g/mol. The predicted molar refractivity (Wildman–Crippen MR) is 135 cm³/mol. The number of nitrogens with zero attached hydrogens (tertiary/aromatic N) is 4. The van der Waals surface area contributed by atoms with E-state index >= 15 is 0 Å². The van der Waals surface area contributed by atoms with Gasteiger partial charge in [0.2, 0.25) is 0 Å². The Kier molecular flexibility index (Phi) is 7.57. The van der Waals surface area contributed by atoms with Crippen LogP contribution in [0.15, 0.2) is 78.0 Å². The Morgan fingerprint density at radius 1 is 1.06 bits per heavy atom. The van der Waals surface area contributed by atoms with E-state index in [4.69, 9.17) is 4.74 Å². The summed E-state index contributed by atoms with van der Waals surface area (Å²) < 4.78 is 7.51. The summed E-state index contributed by atoms with van der Waals surface area (Å²) in [7, 11) is 1.61. The number of carbonyl (C=O) groups excluding carboxylic acids is 1. The molecule has 0 atom stereocenters. The van der Waals surface area contributed by atoms with Crippen LogP contribution >= 0.6 is 11.8 Å². The summed E-state index contributed by atoms with van der Waals surface area (Å²) in [4.78, 5) is 23.6. The van der Waals surface area contributed by atoms with Crippen LogP contribution in [0.5, 0.6) is 5.75 Å². The van der Waals surface area contributed by atoms with Crippen LogP contribution in [0.25, 0.3) is 11.4 Å². The van der Waals surface area contributed by atoms with Gasteiger partial charge in [0, 0.05) is 23.7 Å². The van der Waals surface area contributed by atoms with Gasteiger partial charge >= 0.3 is 0 Å². The maximum Gasteiger partial charge on any atom is 0.273 e. The van der Waals surface area contributed by atoms with E-state index in [-0.39, 0.29) is 17.2 Å². The van der Waals surface area contributed by atoms with Gasteiger partial charge in [0.1, 0.15) is 5.75 Å². The minimum absolute atomic E-state index is 0.0645. The maximum atomic E-state index is 12.9. The smallest absolute Gasteiger partial charge is 0.273 e. The Morgan fingerprint density at radius 3 is 2.54 bits per heavy atom. The fraction of sp³-hybridized carbons (Fsp3) is 0.192. The van der Waals surface area contributed by atoms with Crippen LogP contribution in [-0.4, -0.2) is 38.3 Å². The molecule has 0 fully saturated rings. The van der Waals surface area contributed by atoms with Gasteiger partial charge < -0.3 is 9.30 Å². The second-order valence-electron chi connectivity index (χ2n) is 7.86. The number of Topliss-reactive ketones (excluding diaryl/α,β-unsaturated/α-hetero) is 1. The molecule has 8 nitrogen and oxygen atoms in total. The van der Waals surface area contributed by atoms with E-state index in [1.54, 1.807) is 26.2 Å². The third-order valence-corrected chi connectivity index (χ3v) is 6.56. The zero-order chi connectivity index (χ0) is 24.8. The van der Waals surface area contributed by atoms with Crippen molar-refractivity contribution in [1.82, 2.24) is 14.8 Å². The normalized spacial score (nSPS) is 10.8. The number of para-hydroxylation sites is 1. The van der Waals surface area contributed by atoms with Gasteiger partial charge in [-0.1, -0.05) is 66.4 Å². The lowest BCUT2D eigenvalue weighted by atomic mass is 10.1. The first-order chi connectivity index (χ1) is 17.0.